The summed E-state index contributed by atoms with van der Waals surface area (Å²) in [6, 6.07) is 8.39. The fourth-order valence-electron chi connectivity index (χ4n) is 4.32. The summed E-state index contributed by atoms with van der Waals surface area (Å²) in [7, 11) is 0. The van der Waals surface area contributed by atoms with Crippen LogP contribution in [0.5, 0.6) is 11.6 Å². The lowest BCUT2D eigenvalue weighted by Crippen LogP contribution is -2.33. The van der Waals surface area contributed by atoms with Crippen LogP contribution in [0.25, 0.3) is 17.2 Å². The predicted molar refractivity (Wildman–Crippen MR) is 126 cm³/mol. The first kappa shape index (κ1) is 22.5. The molecule has 9 nitrogen and oxygen atoms in total. The van der Waals surface area contributed by atoms with Gasteiger partial charge < -0.3 is 20.2 Å². The highest BCUT2D eigenvalue weighted by molar-refractivity contribution is 6.09. The second kappa shape index (κ2) is 8.01. The number of nitrogens with two attached hydrogens (primary N) is 1. The summed E-state index contributed by atoms with van der Waals surface area (Å²) in [6.45, 7) is 1.65. The van der Waals surface area contributed by atoms with Crippen molar-refractivity contribution in [2.24, 2.45) is 0 Å². The Kier molecular flexibility index (Phi) is 4.87. The predicted octanol–water partition coefficient (Wildman–Crippen LogP) is 4.24. The maximum Gasteiger partial charge on any atom is 0.264 e. The van der Waals surface area contributed by atoms with Crippen LogP contribution in [0.15, 0.2) is 61.1 Å². The SMILES string of the molecule is CC1(c2ccc(F)cc2)C(=O)Nc2nc(-c3cn4ccnc4c(Oc4ccc(F)cc4F)n3)nc(N)c21. The van der Waals surface area contributed by atoms with E-state index in [1.807, 2.05) is 0 Å². The maximum absolute atomic E-state index is 14.2. The van der Waals surface area contributed by atoms with Crippen molar-refractivity contribution in [3.63, 3.8) is 0 Å². The molecule has 1 aliphatic heterocycles. The Morgan fingerprint density at radius 2 is 1.78 bits per heavy atom. The molecule has 3 N–H and O–H groups in total. The number of nitrogens with one attached hydrogen (secondary N) is 1. The Hall–Kier alpha value is -5.00. The van der Waals surface area contributed by atoms with Gasteiger partial charge in [-0.15, -0.1) is 0 Å². The molecule has 0 bridgehead atoms. The first-order valence-electron chi connectivity index (χ1n) is 11.0. The van der Waals surface area contributed by atoms with E-state index < -0.39 is 28.8 Å². The number of benzene rings is 2. The Morgan fingerprint density at radius 1 is 1.03 bits per heavy atom. The minimum atomic E-state index is -1.25. The van der Waals surface area contributed by atoms with Crippen LogP contribution < -0.4 is 15.8 Å². The number of anilines is 2. The van der Waals surface area contributed by atoms with Crippen molar-refractivity contribution in [3.8, 4) is 23.1 Å². The maximum atomic E-state index is 14.2. The summed E-state index contributed by atoms with van der Waals surface area (Å²) >= 11 is 0. The van der Waals surface area contributed by atoms with Crippen molar-refractivity contribution in [2.45, 2.75) is 12.3 Å². The monoisotopic (exact) mass is 503 g/mol. The summed E-state index contributed by atoms with van der Waals surface area (Å²) in [4.78, 5) is 30.5. The van der Waals surface area contributed by atoms with Gasteiger partial charge in [0, 0.05) is 24.7 Å². The molecule has 0 radical (unpaired) electrons. The molecule has 4 heterocycles. The van der Waals surface area contributed by atoms with Gasteiger partial charge in [-0.05, 0) is 36.8 Å². The van der Waals surface area contributed by atoms with Crippen molar-refractivity contribution in [1.82, 2.24) is 24.3 Å². The molecule has 1 atom stereocenters. The van der Waals surface area contributed by atoms with E-state index >= 15 is 0 Å². The molecule has 6 rings (SSSR count). The minimum Gasteiger partial charge on any atom is -0.433 e. The third-order valence-electron chi connectivity index (χ3n) is 6.22. The fraction of sp³-hybridized carbons (Fsp3) is 0.0800. The van der Waals surface area contributed by atoms with Crippen LogP contribution >= 0.6 is 0 Å². The van der Waals surface area contributed by atoms with Crippen LogP contribution in [0.3, 0.4) is 0 Å². The number of carbonyl (C=O) groups is 1. The standard InChI is InChI=1S/C25H16F3N7O2/c1-25(12-2-4-13(26)5-3-12)18-19(29)32-20(33-21(18)34-24(25)36)16-11-35-9-8-30-22(35)23(31-16)37-17-7-6-14(27)10-15(17)28/h2-11H,1H3,(H3,29,32,33,34,36). The summed E-state index contributed by atoms with van der Waals surface area (Å²) < 4.78 is 48.2. The Bertz CT molecular complexity index is 1720. The molecular weight excluding hydrogens is 487 g/mol. The van der Waals surface area contributed by atoms with E-state index in [1.54, 1.807) is 23.7 Å². The number of nitrogens with zero attached hydrogens (tertiary/aromatic N) is 5. The normalized spacial score (nSPS) is 16.6. The molecule has 12 heteroatoms. The number of rotatable bonds is 4. The van der Waals surface area contributed by atoms with Gasteiger partial charge in [-0.2, -0.15) is 0 Å². The average molecular weight is 503 g/mol. The van der Waals surface area contributed by atoms with Crippen LogP contribution in [-0.2, 0) is 10.2 Å². The fourth-order valence-corrected chi connectivity index (χ4v) is 4.32. The first-order valence-corrected chi connectivity index (χ1v) is 11.0. The van der Waals surface area contributed by atoms with E-state index in [0.29, 0.717) is 17.2 Å². The molecule has 37 heavy (non-hydrogen) atoms. The van der Waals surface area contributed by atoms with Crippen molar-refractivity contribution in [2.75, 3.05) is 11.1 Å². The largest absolute Gasteiger partial charge is 0.433 e. The molecule has 0 saturated carbocycles. The number of amides is 1. The average Bonchev–Trinajstić information content (AvgIpc) is 3.44. The zero-order valence-corrected chi connectivity index (χ0v) is 19.0. The third kappa shape index (κ3) is 3.53. The van der Waals surface area contributed by atoms with Gasteiger partial charge >= 0.3 is 0 Å². The zero-order valence-electron chi connectivity index (χ0n) is 19.0. The number of carbonyl (C=O) groups excluding carboxylic acids is 1. The van der Waals surface area contributed by atoms with Crippen molar-refractivity contribution in [1.29, 1.82) is 0 Å². The Labute approximate surface area is 206 Å². The third-order valence-corrected chi connectivity index (χ3v) is 6.22. The van der Waals surface area contributed by atoms with E-state index in [1.165, 1.54) is 30.5 Å². The summed E-state index contributed by atoms with van der Waals surface area (Å²) in [5.41, 5.74) is 6.39. The molecule has 0 saturated heterocycles. The number of hydrogen-bond acceptors (Lipinski definition) is 7. The zero-order chi connectivity index (χ0) is 25.9. The van der Waals surface area contributed by atoms with Crippen LogP contribution in [0.2, 0.25) is 0 Å². The van der Waals surface area contributed by atoms with Crippen LogP contribution in [0.4, 0.5) is 24.8 Å². The number of ether oxygens (including phenoxy) is 1. The van der Waals surface area contributed by atoms with Gasteiger partial charge in [-0.25, -0.2) is 33.1 Å². The molecule has 1 aliphatic rings. The molecule has 0 aliphatic carbocycles. The number of hydrogen-bond donors (Lipinski definition) is 2. The molecule has 5 aromatic rings. The van der Waals surface area contributed by atoms with E-state index in [9.17, 15) is 18.0 Å². The highest BCUT2D eigenvalue weighted by Gasteiger charge is 2.47. The van der Waals surface area contributed by atoms with Crippen LogP contribution in [0.1, 0.15) is 18.1 Å². The second-order valence-electron chi connectivity index (χ2n) is 8.51. The quantitative estimate of drug-likeness (QED) is 0.376. The number of nitrogen functional groups attached to an aromatic ring is 1. The summed E-state index contributed by atoms with van der Waals surface area (Å²) in [5, 5.41) is 2.72. The number of imidazole rings is 1. The van der Waals surface area contributed by atoms with Crippen molar-refractivity contribution in [3.05, 3.63) is 89.6 Å². The lowest BCUT2D eigenvalue weighted by molar-refractivity contribution is -0.119. The van der Waals surface area contributed by atoms with E-state index in [0.717, 1.165) is 12.1 Å². The molecule has 0 fully saturated rings. The number of halogens is 3. The minimum absolute atomic E-state index is 0.0183. The Morgan fingerprint density at radius 3 is 2.54 bits per heavy atom. The molecule has 1 unspecified atom stereocenters. The topological polar surface area (TPSA) is 120 Å². The molecular formula is C25H16F3N7O2. The highest BCUT2D eigenvalue weighted by Crippen LogP contribution is 2.45. The van der Waals surface area contributed by atoms with E-state index in [-0.39, 0.29) is 40.4 Å². The van der Waals surface area contributed by atoms with Crippen molar-refractivity contribution >= 4 is 23.2 Å². The van der Waals surface area contributed by atoms with E-state index in [2.05, 4.69) is 25.3 Å². The van der Waals surface area contributed by atoms with Gasteiger partial charge in [0.15, 0.2) is 17.4 Å². The molecule has 1 amide bonds. The molecule has 2 aromatic carbocycles. The second-order valence-corrected chi connectivity index (χ2v) is 8.51. The highest BCUT2D eigenvalue weighted by atomic mass is 19.1. The van der Waals surface area contributed by atoms with Gasteiger partial charge in [-0.1, -0.05) is 12.1 Å². The number of fused-ring (bicyclic) bond motifs is 2. The van der Waals surface area contributed by atoms with Crippen molar-refractivity contribution < 1.29 is 22.7 Å². The molecule has 0 spiro atoms. The van der Waals surface area contributed by atoms with E-state index in [4.69, 9.17) is 10.5 Å². The summed E-state index contributed by atoms with van der Waals surface area (Å²) in [6.07, 6.45) is 4.66. The molecule has 184 valence electrons. The van der Waals surface area contributed by atoms with Gasteiger partial charge in [0.2, 0.25) is 11.6 Å². The summed E-state index contributed by atoms with van der Waals surface area (Å²) in [5.74, 6) is -2.61. The lowest BCUT2D eigenvalue weighted by Gasteiger charge is -2.23. The number of aromatic nitrogens is 5. The van der Waals surface area contributed by atoms with Crippen LogP contribution in [-0.4, -0.2) is 30.2 Å². The van der Waals surface area contributed by atoms with Gasteiger partial charge in [0.25, 0.3) is 5.88 Å². The first-order chi connectivity index (χ1) is 17.7. The molecule has 3 aromatic heterocycles. The smallest absolute Gasteiger partial charge is 0.264 e. The Balaban J connectivity index is 1.46. The van der Waals surface area contributed by atoms with Gasteiger partial charge in [-0.3, -0.25) is 4.79 Å². The lowest BCUT2D eigenvalue weighted by atomic mass is 9.78. The van der Waals surface area contributed by atoms with Gasteiger partial charge in [0.05, 0.1) is 5.56 Å². The van der Waals surface area contributed by atoms with Gasteiger partial charge in [0.1, 0.15) is 34.4 Å². The van der Waals surface area contributed by atoms with Crippen LogP contribution in [0, 0.1) is 17.5 Å².